The van der Waals surface area contributed by atoms with Gasteiger partial charge in [0.1, 0.15) is 0 Å². The Morgan fingerprint density at radius 3 is 3.07 bits per heavy atom. The molecule has 0 bridgehead atoms. The minimum absolute atomic E-state index is 0.521. The van der Waals surface area contributed by atoms with E-state index in [-0.39, 0.29) is 0 Å². The number of nitrogens with two attached hydrogens (primary N) is 1. The number of hydrogen-bond acceptors (Lipinski definition) is 3. The van der Waals surface area contributed by atoms with Crippen LogP contribution in [-0.4, -0.2) is 29.0 Å². The molecular formula is C10H14ClN3. The third kappa shape index (κ3) is 1.90. The van der Waals surface area contributed by atoms with E-state index in [1.807, 2.05) is 12.1 Å². The molecule has 0 aliphatic carbocycles. The fourth-order valence-electron chi connectivity index (χ4n) is 1.70. The van der Waals surface area contributed by atoms with Crippen molar-refractivity contribution in [1.82, 2.24) is 9.88 Å². The van der Waals surface area contributed by atoms with Gasteiger partial charge in [0.15, 0.2) is 0 Å². The van der Waals surface area contributed by atoms with Crippen LogP contribution in [-0.2, 0) is 6.54 Å². The molecule has 0 saturated carbocycles. The third-order valence-electron chi connectivity index (χ3n) is 2.73. The highest BCUT2D eigenvalue weighted by molar-refractivity contribution is 6.31. The molecule has 3 nitrogen and oxygen atoms in total. The molecule has 1 unspecified atom stereocenters. The van der Waals surface area contributed by atoms with E-state index in [2.05, 4.69) is 9.88 Å². The van der Waals surface area contributed by atoms with Gasteiger partial charge in [0.25, 0.3) is 0 Å². The highest BCUT2D eigenvalue weighted by Crippen LogP contribution is 2.21. The molecule has 1 saturated heterocycles. The molecule has 2 heterocycles. The minimum atomic E-state index is 0.521. The minimum Gasteiger partial charge on any atom is -0.329 e. The summed E-state index contributed by atoms with van der Waals surface area (Å²) in [6.45, 7) is 2.65. The smallest absolute Gasteiger partial charge is 0.0729 e. The van der Waals surface area contributed by atoms with Gasteiger partial charge in [-0.15, -0.1) is 0 Å². The molecule has 1 aromatic heterocycles. The second-order valence-electron chi connectivity index (χ2n) is 3.58. The first-order valence-electron chi connectivity index (χ1n) is 4.85. The summed E-state index contributed by atoms with van der Waals surface area (Å²) in [5, 5.41) is 0.746. The van der Waals surface area contributed by atoms with E-state index in [9.17, 15) is 0 Å². The molecule has 2 N–H and O–H groups in total. The van der Waals surface area contributed by atoms with Crippen LogP contribution in [0, 0.1) is 0 Å². The van der Waals surface area contributed by atoms with Crippen molar-refractivity contribution >= 4 is 11.6 Å². The van der Waals surface area contributed by atoms with Gasteiger partial charge in [0.2, 0.25) is 0 Å². The number of pyridine rings is 1. The Morgan fingerprint density at radius 2 is 2.50 bits per heavy atom. The standard InChI is InChI=1S/C10H14ClN3/c11-9-2-1-4-13-10(9)7-14-5-3-8(14)6-12/h1-2,4,8H,3,5-7,12H2. The Hall–Kier alpha value is -0.640. The van der Waals surface area contributed by atoms with Gasteiger partial charge in [0.05, 0.1) is 10.7 Å². The van der Waals surface area contributed by atoms with Gasteiger partial charge in [-0.25, -0.2) is 0 Å². The van der Waals surface area contributed by atoms with Crippen molar-refractivity contribution in [2.75, 3.05) is 13.1 Å². The van der Waals surface area contributed by atoms with Crippen molar-refractivity contribution in [3.8, 4) is 0 Å². The van der Waals surface area contributed by atoms with E-state index < -0.39 is 0 Å². The lowest BCUT2D eigenvalue weighted by Gasteiger charge is -2.40. The summed E-state index contributed by atoms with van der Waals surface area (Å²) in [5.41, 5.74) is 6.57. The number of nitrogens with zero attached hydrogens (tertiary/aromatic N) is 2. The zero-order valence-electron chi connectivity index (χ0n) is 7.99. The molecule has 0 spiro atoms. The summed E-state index contributed by atoms with van der Waals surface area (Å²) in [4.78, 5) is 6.57. The molecule has 1 fully saturated rings. The summed E-state index contributed by atoms with van der Waals surface area (Å²) in [5.74, 6) is 0. The molecule has 2 rings (SSSR count). The molecule has 1 atom stereocenters. The molecule has 1 aliphatic heterocycles. The monoisotopic (exact) mass is 211 g/mol. The van der Waals surface area contributed by atoms with E-state index in [1.165, 1.54) is 6.42 Å². The fraction of sp³-hybridized carbons (Fsp3) is 0.500. The summed E-state index contributed by atoms with van der Waals surface area (Å²) in [7, 11) is 0. The maximum atomic E-state index is 6.02. The molecule has 1 aromatic rings. The second kappa shape index (κ2) is 4.26. The molecule has 4 heteroatoms. The van der Waals surface area contributed by atoms with Crippen LogP contribution in [0.4, 0.5) is 0 Å². The van der Waals surface area contributed by atoms with Gasteiger partial charge < -0.3 is 5.73 Å². The van der Waals surface area contributed by atoms with Crippen LogP contribution in [0.15, 0.2) is 18.3 Å². The van der Waals surface area contributed by atoms with Crippen LogP contribution >= 0.6 is 11.6 Å². The number of halogens is 1. The molecule has 14 heavy (non-hydrogen) atoms. The summed E-state index contributed by atoms with van der Waals surface area (Å²) in [6.07, 6.45) is 2.97. The maximum absolute atomic E-state index is 6.02. The number of aromatic nitrogens is 1. The average molecular weight is 212 g/mol. The number of hydrogen-bond donors (Lipinski definition) is 1. The van der Waals surface area contributed by atoms with Crippen molar-refractivity contribution in [2.24, 2.45) is 5.73 Å². The van der Waals surface area contributed by atoms with E-state index in [0.29, 0.717) is 6.04 Å². The average Bonchev–Trinajstić information content (AvgIpc) is 2.15. The van der Waals surface area contributed by atoms with Crippen molar-refractivity contribution in [3.63, 3.8) is 0 Å². The maximum Gasteiger partial charge on any atom is 0.0729 e. The van der Waals surface area contributed by atoms with Crippen molar-refractivity contribution < 1.29 is 0 Å². The summed E-state index contributed by atoms with van der Waals surface area (Å²) < 4.78 is 0. The Balaban J connectivity index is 2.01. The van der Waals surface area contributed by atoms with E-state index in [1.54, 1.807) is 6.20 Å². The lowest BCUT2D eigenvalue weighted by Crippen LogP contribution is -2.51. The van der Waals surface area contributed by atoms with Gasteiger partial charge in [-0.3, -0.25) is 9.88 Å². The van der Waals surface area contributed by atoms with Gasteiger partial charge in [-0.1, -0.05) is 11.6 Å². The predicted molar refractivity (Wildman–Crippen MR) is 57.1 cm³/mol. The molecule has 0 radical (unpaired) electrons. The van der Waals surface area contributed by atoms with E-state index >= 15 is 0 Å². The quantitative estimate of drug-likeness (QED) is 0.819. The van der Waals surface area contributed by atoms with Gasteiger partial charge in [-0.05, 0) is 18.6 Å². The first kappa shape index (κ1) is 9.90. The van der Waals surface area contributed by atoms with E-state index in [4.69, 9.17) is 17.3 Å². The Bertz CT molecular complexity index is 314. The lowest BCUT2D eigenvalue weighted by molar-refractivity contribution is 0.0867. The van der Waals surface area contributed by atoms with Crippen LogP contribution in [0.2, 0.25) is 5.02 Å². The van der Waals surface area contributed by atoms with Gasteiger partial charge >= 0.3 is 0 Å². The summed E-state index contributed by atoms with van der Waals surface area (Å²) >= 11 is 6.02. The Morgan fingerprint density at radius 1 is 1.64 bits per heavy atom. The Labute approximate surface area is 88.9 Å². The third-order valence-corrected chi connectivity index (χ3v) is 3.07. The zero-order valence-corrected chi connectivity index (χ0v) is 8.74. The lowest BCUT2D eigenvalue weighted by atomic mass is 10.0. The first-order valence-corrected chi connectivity index (χ1v) is 5.22. The summed E-state index contributed by atoms with van der Waals surface area (Å²) in [6, 6.07) is 4.25. The zero-order chi connectivity index (χ0) is 9.97. The van der Waals surface area contributed by atoms with Crippen LogP contribution in [0.5, 0.6) is 0 Å². The highest BCUT2D eigenvalue weighted by atomic mass is 35.5. The highest BCUT2D eigenvalue weighted by Gasteiger charge is 2.26. The van der Waals surface area contributed by atoms with Gasteiger partial charge in [-0.2, -0.15) is 0 Å². The Kier molecular flexibility index (Phi) is 3.01. The van der Waals surface area contributed by atoms with Crippen LogP contribution in [0.1, 0.15) is 12.1 Å². The first-order chi connectivity index (χ1) is 6.81. The predicted octanol–water partition coefficient (Wildman–Crippen LogP) is 1.27. The largest absolute Gasteiger partial charge is 0.329 e. The van der Waals surface area contributed by atoms with Crippen molar-refractivity contribution in [2.45, 2.75) is 19.0 Å². The van der Waals surface area contributed by atoms with Crippen molar-refractivity contribution in [1.29, 1.82) is 0 Å². The molecule has 76 valence electrons. The topological polar surface area (TPSA) is 42.1 Å². The van der Waals surface area contributed by atoms with Crippen molar-refractivity contribution in [3.05, 3.63) is 29.0 Å². The second-order valence-corrected chi connectivity index (χ2v) is 3.99. The molecule has 0 amide bonds. The van der Waals surface area contributed by atoms with Crippen LogP contribution < -0.4 is 5.73 Å². The van der Waals surface area contributed by atoms with Gasteiger partial charge in [0, 0.05) is 31.9 Å². The molecule has 0 aromatic carbocycles. The SMILES string of the molecule is NCC1CCN1Cc1ncccc1Cl. The molecule has 1 aliphatic rings. The number of rotatable bonds is 3. The molecular weight excluding hydrogens is 198 g/mol. The number of likely N-dealkylation sites (tertiary alicyclic amines) is 1. The fourth-order valence-corrected chi connectivity index (χ4v) is 1.88. The normalized spacial score (nSPS) is 22.0. The van der Waals surface area contributed by atoms with E-state index in [0.717, 1.165) is 30.4 Å². The van der Waals surface area contributed by atoms with Crippen LogP contribution in [0.3, 0.4) is 0 Å². The van der Waals surface area contributed by atoms with Crippen LogP contribution in [0.25, 0.3) is 0 Å².